The van der Waals surface area contributed by atoms with Crippen LogP contribution in [0.4, 0.5) is 0 Å². The lowest BCUT2D eigenvalue weighted by atomic mass is 9.99. The molecule has 0 amide bonds. The van der Waals surface area contributed by atoms with Crippen LogP contribution in [0, 0.1) is 11.1 Å². The van der Waals surface area contributed by atoms with Crippen LogP contribution in [0.2, 0.25) is 0 Å². The molecule has 0 saturated carbocycles. The van der Waals surface area contributed by atoms with Crippen LogP contribution in [0.5, 0.6) is 0 Å². The van der Waals surface area contributed by atoms with Crippen molar-refractivity contribution in [2.45, 2.75) is 32.7 Å². The van der Waals surface area contributed by atoms with E-state index in [9.17, 15) is 0 Å². The van der Waals surface area contributed by atoms with Gasteiger partial charge in [0.15, 0.2) is 0 Å². The van der Waals surface area contributed by atoms with Crippen LogP contribution >= 0.6 is 12.0 Å². The molecular formula is C9H17NS. The minimum atomic E-state index is 0.592. The average Bonchev–Trinajstić information content (AvgIpc) is 2.05. The molecule has 1 nitrogen and oxygen atoms in total. The molecule has 1 aliphatic rings. The summed E-state index contributed by atoms with van der Waals surface area (Å²) in [5.41, 5.74) is 0. The topological polar surface area (TPSA) is 3.24 Å². The Morgan fingerprint density at radius 2 is 2.27 bits per heavy atom. The van der Waals surface area contributed by atoms with Gasteiger partial charge in [0.25, 0.3) is 0 Å². The molecule has 1 heterocycles. The number of likely N-dealkylation sites (tertiary alicyclic amines) is 1. The number of hydrogen-bond acceptors (Lipinski definition) is 1. The highest BCUT2D eigenvalue weighted by Gasteiger charge is 2.19. The molecule has 0 bridgehead atoms. The summed E-state index contributed by atoms with van der Waals surface area (Å²) in [6, 6.07) is 0.680. The second-order valence-electron chi connectivity index (χ2n) is 3.56. The van der Waals surface area contributed by atoms with Gasteiger partial charge in [-0.25, -0.2) is 0 Å². The van der Waals surface area contributed by atoms with Gasteiger partial charge >= 0.3 is 0 Å². The third kappa shape index (κ3) is 2.48. The lowest BCUT2D eigenvalue weighted by molar-refractivity contribution is 0.162. The van der Waals surface area contributed by atoms with Crippen molar-refractivity contribution in [3.8, 4) is 5.18 Å². The molecule has 0 spiro atoms. The zero-order valence-corrected chi connectivity index (χ0v) is 8.27. The summed E-state index contributed by atoms with van der Waals surface area (Å²) in [4.78, 5) is 2.50. The Morgan fingerprint density at radius 3 is 2.82 bits per heavy atom. The molecule has 1 fully saturated rings. The Hall–Kier alpha value is -0.0400. The normalized spacial score (nSPS) is 27.0. The first-order valence-electron chi connectivity index (χ1n) is 4.37. The van der Waals surface area contributed by atoms with Crippen molar-refractivity contribution in [1.82, 2.24) is 4.90 Å². The van der Waals surface area contributed by atoms with Gasteiger partial charge in [-0.3, -0.25) is 4.90 Å². The van der Waals surface area contributed by atoms with Crippen molar-refractivity contribution in [3.63, 3.8) is 0 Å². The molecule has 64 valence electrons. The Balaban J connectivity index is 2.41. The largest absolute Gasteiger partial charge is 0.300 e. The van der Waals surface area contributed by atoms with E-state index in [1.807, 2.05) is 0 Å². The van der Waals surface area contributed by atoms with E-state index in [0.717, 1.165) is 6.54 Å². The first-order chi connectivity index (χ1) is 5.24. The molecule has 0 aromatic heterocycles. The van der Waals surface area contributed by atoms with Crippen molar-refractivity contribution in [3.05, 3.63) is 0 Å². The van der Waals surface area contributed by atoms with E-state index in [2.05, 4.69) is 36.0 Å². The highest BCUT2D eigenvalue weighted by Crippen LogP contribution is 2.17. The first kappa shape index (κ1) is 9.05. The molecule has 0 aromatic carbocycles. The Labute approximate surface area is 74.4 Å². The number of nitrogens with zero attached hydrogens (tertiary/aromatic N) is 1. The Morgan fingerprint density at radius 1 is 1.55 bits per heavy atom. The minimum Gasteiger partial charge on any atom is -0.300 e. The second kappa shape index (κ2) is 4.10. The summed E-state index contributed by atoms with van der Waals surface area (Å²) in [6.07, 6.45) is 2.57. The Bertz CT molecular complexity index is 159. The molecule has 0 aromatic rings. The molecule has 0 aliphatic carbocycles. The third-order valence-electron chi connectivity index (χ3n) is 2.37. The highest BCUT2D eigenvalue weighted by atomic mass is 32.1. The standard InChI is InChI=1S/C9H17NS/c1-8(2)10-5-3-4-9(6-10)7-11/h8-9,11H,3-6H2,1-2H3/t9-/m0/s1. The van der Waals surface area contributed by atoms with Gasteiger partial charge in [-0.15, -0.1) is 0 Å². The van der Waals surface area contributed by atoms with Crippen molar-refractivity contribution in [2.75, 3.05) is 13.1 Å². The molecule has 1 saturated heterocycles. The smallest absolute Gasteiger partial charge is 0.0349 e. The van der Waals surface area contributed by atoms with Crippen LogP contribution in [0.3, 0.4) is 0 Å². The monoisotopic (exact) mass is 171 g/mol. The molecule has 0 N–H and O–H groups in total. The van der Waals surface area contributed by atoms with Crippen LogP contribution in [-0.2, 0) is 0 Å². The van der Waals surface area contributed by atoms with Gasteiger partial charge in [0.2, 0.25) is 0 Å². The molecule has 11 heavy (non-hydrogen) atoms. The molecule has 1 atom stereocenters. The maximum atomic E-state index is 4.10. The summed E-state index contributed by atoms with van der Waals surface area (Å²) in [5, 5.41) is 3.04. The Kier molecular flexibility index (Phi) is 3.38. The fourth-order valence-electron chi connectivity index (χ4n) is 1.58. The van der Waals surface area contributed by atoms with Gasteiger partial charge in [0.05, 0.1) is 0 Å². The van der Waals surface area contributed by atoms with Crippen molar-refractivity contribution >= 4 is 12.0 Å². The molecule has 1 aliphatic heterocycles. The zero-order valence-electron chi connectivity index (χ0n) is 7.38. The zero-order chi connectivity index (χ0) is 8.27. The number of piperidine rings is 1. The van der Waals surface area contributed by atoms with E-state index in [4.69, 9.17) is 0 Å². The van der Waals surface area contributed by atoms with E-state index in [1.165, 1.54) is 19.4 Å². The maximum Gasteiger partial charge on any atom is 0.0349 e. The van der Waals surface area contributed by atoms with Crippen LogP contribution in [-0.4, -0.2) is 24.0 Å². The molecule has 0 radical (unpaired) electrons. The summed E-state index contributed by atoms with van der Waals surface area (Å²) >= 11 is 4.10. The summed E-state index contributed by atoms with van der Waals surface area (Å²) < 4.78 is 0. The number of rotatable bonds is 1. The van der Waals surface area contributed by atoms with Crippen LogP contribution < -0.4 is 0 Å². The minimum absolute atomic E-state index is 0.592. The van der Waals surface area contributed by atoms with Crippen molar-refractivity contribution < 1.29 is 0 Å². The number of thiol groups is 1. The summed E-state index contributed by atoms with van der Waals surface area (Å²) in [7, 11) is 0. The first-order valence-corrected chi connectivity index (χ1v) is 4.82. The van der Waals surface area contributed by atoms with Gasteiger partial charge < -0.3 is 0 Å². The second-order valence-corrected chi connectivity index (χ2v) is 3.82. The fourth-order valence-corrected chi connectivity index (χ4v) is 1.79. The van der Waals surface area contributed by atoms with Gasteiger partial charge in [0.1, 0.15) is 0 Å². The van der Waals surface area contributed by atoms with Crippen LogP contribution in [0.1, 0.15) is 26.7 Å². The number of hydrogen-bond donors (Lipinski definition) is 1. The SMILES string of the molecule is CC(C)N1CCC[C@H](C#[SH])C1. The van der Waals surface area contributed by atoms with Crippen LogP contribution in [0.15, 0.2) is 0 Å². The van der Waals surface area contributed by atoms with Gasteiger partial charge in [-0.1, -0.05) is 5.18 Å². The van der Waals surface area contributed by atoms with E-state index in [1.54, 1.807) is 0 Å². The van der Waals surface area contributed by atoms with Crippen molar-refractivity contribution in [1.29, 1.82) is 0 Å². The maximum absolute atomic E-state index is 4.10. The van der Waals surface area contributed by atoms with Crippen LogP contribution in [0.25, 0.3) is 0 Å². The van der Waals surface area contributed by atoms with Crippen molar-refractivity contribution in [2.24, 2.45) is 5.92 Å². The van der Waals surface area contributed by atoms with Gasteiger partial charge in [-0.05, 0) is 33.2 Å². The van der Waals surface area contributed by atoms with E-state index >= 15 is 0 Å². The van der Waals surface area contributed by atoms with Gasteiger partial charge in [0, 0.05) is 18.5 Å². The molecular weight excluding hydrogens is 154 g/mol. The quantitative estimate of drug-likeness (QED) is 0.591. The van der Waals surface area contributed by atoms with E-state index < -0.39 is 0 Å². The average molecular weight is 171 g/mol. The highest BCUT2D eigenvalue weighted by molar-refractivity contribution is 7.68. The fraction of sp³-hybridized carbons (Fsp3) is 0.889. The third-order valence-corrected chi connectivity index (χ3v) is 2.73. The lowest BCUT2D eigenvalue weighted by Gasteiger charge is -2.33. The summed E-state index contributed by atoms with van der Waals surface area (Å²) in [5.74, 6) is 0.592. The predicted molar refractivity (Wildman–Crippen MR) is 52.3 cm³/mol. The van der Waals surface area contributed by atoms with E-state index in [-0.39, 0.29) is 0 Å². The van der Waals surface area contributed by atoms with E-state index in [0.29, 0.717) is 12.0 Å². The molecule has 2 heteroatoms. The summed E-state index contributed by atoms with van der Waals surface area (Å²) in [6.45, 7) is 6.91. The predicted octanol–water partition coefficient (Wildman–Crippen LogP) is 2.00. The van der Waals surface area contributed by atoms with Gasteiger partial charge in [-0.2, -0.15) is 12.0 Å². The lowest BCUT2D eigenvalue weighted by Crippen LogP contribution is -2.39. The molecule has 1 rings (SSSR count). The molecule has 0 unspecified atom stereocenters.